The lowest BCUT2D eigenvalue weighted by Crippen LogP contribution is -2.47. The van der Waals surface area contributed by atoms with E-state index in [9.17, 15) is 46.7 Å². The summed E-state index contributed by atoms with van der Waals surface area (Å²) in [5, 5.41) is 27.1. The van der Waals surface area contributed by atoms with Crippen molar-refractivity contribution < 1.29 is 45.7 Å². The molecule has 2 saturated heterocycles. The number of pyridine rings is 2. The van der Waals surface area contributed by atoms with E-state index < -0.39 is 62.9 Å². The molecular weight excluding hydrogens is 1610 g/mol. The van der Waals surface area contributed by atoms with Crippen LogP contribution in [0.25, 0.3) is 55.3 Å². The zero-order valence-electron chi connectivity index (χ0n) is 66.1. The first-order valence-corrected chi connectivity index (χ1v) is 44.4. The molecule has 8 heterocycles. The number of nitrogens with zero attached hydrogens (tertiary/aromatic N) is 10. The number of aromatic amines is 4. The summed E-state index contributed by atoms with van der Waals surface area (Å²) < 4.78 is 71.9. The van der Waals surface area contributed by atoms with Crippen LogP contribution >= 0.6 is 23.2 Å². The van der Waals surface area contributed by atoms with Gasteiger partial charge in [0.25, 0.3) is 43.2 Å². The van der Waals surface area contributed by atoms with E-state index in [1.807, 2.05) is 50.2 Å². The van der Waals surface area contributed by atoms with E-state index in [4.69, 9.17) is 32.7 Å². The molecule has 120 heavy (non-hydrogen) atoms. The lowest BCUT2D eigenvalue weighted by molar-refractivity contribution is -0.383. The van der Waals surface area contributed by atoms with E-state index in [1.165, 1.54) is 109 Å². The summed E-state index contributed by atoms with van der Waals surface area (Å²) in [4.78, 5) is 88.8. The topological polar surface area (TPSA) is 359 Å². The van der Waals surface area contributed by atoms with Crippen LogP contribution in [0, 0.1) is 31.1 Å². The summed E-state index contributed by atoms with van der Waals surface area (Å²) in [7, 11) is -9.19. The first kappa shape index (κ1) is 79.6. The number of hydrogen-bond acceptors (Lipinski definition) is 20. The first-order valence-electron chi connectivity index (χ1n) is 40.7. The Morgan fingerprint density at radius 1 is 0.550 bits per heavy atom. The summed E-state index contributed by atoms with van der Waals surface area (Å²) in [5.41, 5.74) is 11.8. The molecule has 2 amide bonds. The molecular formula is C88H88Cl2N16O12S2. The maximum absolute atomic E-state index is 14.0. The Morgan fingerprint density at radius 2 is 0.983 bits per heavy atom. The highest BCUT2D eigenvalue weighted by atomic mass is 35.5. The van der Waals surface area contributed by atoms with E-state index in [1.54, 1.807) is 60.9 Å². The van der Waals surface area contributed by atoms with Gasteiger partial charge in [-0.15, -0.1) is 0 Å². The number of benzene rings is 6. The number of halogens is 2. The molecule has 2 spiro atoms. The minimum Gasteiger partial charge on any atom is -0.455 e. The van der Waals surface area contributed by atoms with E-state index in [0.29, 0.717) is 45.3 Å². The number of rotatable bonds is 22. The number of H-pyrrole nitrogens is 4. The monoisotopic (exact) mass is 1690 g/mol. The lowest BCUT2D eigenvalue weighted by Gasteiger charge is -2.47. The average molecular weight is 1700 g/mol. The zero-order valence-corrected chi connectivity index (χ0v) is 69.2. The maximum atomic E-state index is 14.0. The number of ether oxygens (including phenoxy) is 2. The molecule has 0 atom stereocenters. The quantitative estimate of drug-likeness (QED) is 0.0271. The van der Waals surface area contributed by atoms with Gasteiger partial charge in [0.15, 0.2) is 11.0 Å². The smallest absolute Gasteiger partial charge is 0.298 e. The minimum absolute atomic E-state index is 0.0321. The molecule has 19 rings (SSSR count). The number of sulfonamides is 2. The third kappa shape index (κ3) is 16.6. The Bertz CT molecular complexity index is 6000. The van der Waals surface area contributed by atoms with Gasteiger partial charge >= 0.3 is 0 Å². The number of nitrogens with one attached hydrogen (secondary N) is 6. The second-order valence-corrected chi connectivity index (χ2v) is 37.5. The highest BCUT2D eigenvalue weighted by molar-refractivity contribution is 7.90. The Balaban J connectivity index is 0.000000165. The number of carbonyl (C=O) groups excluding carboxylic acids is 2. The van der Waals surface area contributed by atoms with Crippen molar-refractivity contribution in [3.63, 3.8) is 0 Å². The number of carbonyl (C=O) groups is 2. The van der Waals surface area contributed by atoms with Crippen LogP contribution in [0.3, 0.4) is 0 Å². The fourth-order valence-corrected chi connectivity index (χ4v) is 20.2. The molecule has 618 valence electrons. The minimum atomic E-state index is -4.60. The molecule has 0 bridgehead atoms. The van der Waals surface area contributed by atoms with Crippen LogP contribution in [0.1, 0.15) is 159 Å². The molecule has 6 aromatic heterocycles. The standard InChI is InChI=1S/C44H43ClN8O6S.C44H45ClN8O6S/c45-31-6-4-27(5-7-31)36-24-44(12-1-13-44)14-10-30(36)26-51-16-18-52(19-17-51)32-8-9-35(39(21-32)59-33-20-29-11-15-46-41(29)47-25-33)43(54)50-60(57,58)34-22-37-40(38(23-34)53(55)56)49-42(48-37)28-2-3-28;1-27(2)41-48-37-22-34(23-38(53(55)56)40(37)49-41)60(57,58)50-43(54)35-9-8-32(21-39(35)59-33-20-29-11-15-46-42(29)47-25-33)52-18-16-51(17-19-52)26-30-10-14-44(12-3-13-44)24-36(30)28-4-6-31(45)7-5-28/h4-9,11,15,20-23,25,28H,1-3,10,12-14,16-19,24,26H2,(H,46,47)(H,48,49)(H,50,54);4-9,11,15,20-23,25,27H,3,10,12-14,16-19,24,26H2,1-2H3,(H,46,47)(H,48,49)(H,50,54). The van der Waals surface area contributed by atoms with Gasteiger partial charge in [0, 0.05) is 146 Å². The van der Waals surface area contributed by atoms with Crippen molar-refractivity contribution in [3.8, 4) is 23.0 Å². The van der Waals surface area contributed by atoms with Crippen molar-refractivity contribution in [2.45, 2.75) is 125 Å². The number of imidazole rings is 2. The van der Waals surface area contributed by atoms with Crippen LogP contribution in [0.5, 0.6) is 23.0 Å². The van der Waals surface area contributed by atoms with Gasteiger partial charge in [-0.05, 0) is 195 Å². The number of fused-ring (bicyclic) bond motifs is 4. The van der Waals surface area contributed by atoms with Gasteiger partial charge in [-0.1, -0.05) is 85.3 Å². The van der Waals surface area contributed by atoms with Crippen LogP contribution in [-0.4, -0.2) is 154 Å². The second-order valence-electron chi connectivity index (χ2n) is 33.2. The van der Waals surface area contributed by atoms with Gasteiger partial charge in [-0.3, -0.25) is 39.6 Å². The summed E-state index contributed by atoms with van der Waals surface area (Å²) in [6, 6.07) is 38.4. The molecule has 5 aliphatic carbocycles. The first-order chi connectivity index (χ1) is 57.8. The molecule has 6 N–H and O–H groups in total. The molecule has 3 saturated carbocycles. The van der Waals surface area contributed by atoms with Gasteiger partial charge in [-0.25, -0.2) is 46.2 Å². The number of allylic oxidation sites excluding steroid dienone is 2. The number of anilines is 2. The fourth-order valence-electron chi connectivity index (χ4n) is 17.9. The van der Waals surface area contributed by atoms with Gasteiger partial charge in [0.05, 0.1) is 54.2 Å². The predicted molar refractivity (Wildman–Crippen MR) is 460 cm³/mol. The molecule has 0 unspecified atom stereocenters. The van der Waals surface area contributed by atoms with E-state index in [2.05, 4.69) is 93.2 Å². The van der Waals surface area contributed by atoms with Crippen molar-refractivity contribution in [1.82, 2.24) is 59.1 Å². The molecule has 32 heteroatoms. The number of amides is 2. The fraction of sp³-hybridized carbons (Fsp3) is 0.341. The Morgan fingerprint density at radius 3 is 1.39 bits per heavy atom. The van der Waals surface area contributed by atoms with E-state index in [-0.39, 0.29) is 56.5 Å². The number of nitro benzene ring substituents is 2. The Hall–Kier alpha value is -11.5. The molecule has 6 aromatic carbocycles. The highest BCUT2D eigenvalue weighted by Gasteiger charge is 2.43. The number of aromatic nitrogens is 8. The molecule has 28 nitrogen and oxygen atoms in total. The van der Waals surface area contributed by atoms with E-state index in [0.717, 1.165) is 148 Å². The third-order valence-electron chi connectivity index (χ3n) is 25.1. The lowest BCUT2D eigenvalue weighted by atomic mass is 9.59. The van der Waals surface area contributed by atoms with Crippen molar-refractivity contribution in [3.05, 3.63) is 234 Å². The van der Waals surface area contributed by atoms with Crippen molar-refractivity contribution >= 4 is 133 Å². The zero-order chi connectivity index (χ0) is 82.9. The van der Waals surface area contributed by atoms with Crippen LogP contribution in [0.15, 0.2) is 179 Å². The Labute approximate surface area is 701 Å². The van der Waals surface area contributed by atoms with Gasteiger partial charge in [0.1, 0.15) is 45.9 Å². The number of non-ortho nitro benzene ring substituents is 2. The highest BCUT2D eigenvalue weighted by Crippen LogP contribution is 2.57. The van der Waals surface area contributed by atoms with Gasteiger partial charge < -0.3 is 39.2 Å². The normalized spacial score (nSPS) is 17.7. The van der Waals surface area contributed by atoms with Crippen LogP contribution < -0.4 is 28.7 Å². The van der Waals surface area contributed by atoms with Crippen molar-refractivity contribution in [2.75, 3.05) is 75.2 Å². The molecule has 2 aliphatic heterocycles. The van der Waals surface area contributed by atoms with Gasteiger partial charge in [0.2, 0.25) is 0 Å². The summed E-state index contributed by atoms with van der Waals surface area (Å²) in [5.74, 6) is 0.150. The SMILES string of the molecule is CC(C)c1nc2c([N+](=O)[O-])cc(S(=O)(=O)NC(=O)c3ccc(N4CCN(CC5=C(c6ccc(Cl)cc6)CC6(CCC6)CC5)CC4)cc3Oc3cnc4[nH]ccc4c3)cc2[nH]1.O=C(NS(=O)(=O)c1cc([N+](=O)[O-])c2nc(C3CC3)[nH]c2c1)c1ccc(N2CCN(CC3=C(c4ccc(Cl)cc4)CC4(CCC4)CC3)CC2)cc1Oc1cnc2[nH]ccc2c1. The number of hydrogen-bond donors (Lipinski definition) is 6. The Kier molecular flexibility index (Phi) is 21.4. The largest absolute Gasteiger partial charge is 0.455 e. The molecule has 12 aromatic rings. The van der Waals surface area contributed by atoms with Crippen molar-refractivity contribution in [1.29, 1.82) is 0 Å². The summed E-state index contributed by atoms with van der Waals surface area (Å²) >= 11 is 12.5. The number of nitro groups is 2. The van der Waals surface area contributed by atoms with E-state index >= 15 is 0 Å². The van der Waals surface area contributed by atoms with Gasteiger partial charge in [-0.2, -0.15) is 0 Å². The molecule has 7 aliphatic rings. The van der Waals surface area contributed by atoms with Crippen LogP contribution in [0.4, 0.5) is 22.7 Å². The number of piperazine rings is 2. The van der Waals surface area contributed by atoms with Crippen LogP contribution in [-0.2, 0) is 20.0 Å². The predicted octanol–water partition coefficient (Wildman–Crippen LogP) is 17.7. The summed E-state index contributed by atoms with van der Waals surface area (Å²) in [6.07, 6.45) is 23.2. The average Bonchev–Trinajstić information content (AvgIpc) is 1.26. The second kappa shape index (κ2) is 32.2. The van der Waals surface area contributed by atoms with Crippen molar-refractivity contribution in [2.24, 2.45) is 10.8 Å². The maximum Gasteiger partial charge on any atom is 0.298 e. The summed E-state index contributed by atoms with van der Waals surface area (Å²) in [6.45, 7) is 11.8. The third-order valence-corrected chi connectivity index (χ3v) is 28.2. The molecule has 0 radical (unpaired) electrons. The molecule has 5 fully saturated rings. The van der Waals surface area contributed by atoms with Crippen LogP contribution in [0.2, 0.25) is 10.0 Å².